The number of nitro groups is 1. The van der Waals surface area contributed by atoms with Crippen LogP contribution in [0.2, 0.25) is 5.02 Å². The van der Waals surface area contributed by atoms with Crippen molar-refractivity contribution in [1.82, 2.24) is 9.97 Å². The average Bonchev–Trinajstić information content (AvgIpc) is 2.41. The van der Waals surface area contributed by atoms with Gasteiger partial charge in [0.2, 0.25) is 0 Å². The van der Waals surface area contributed by atoms with Crippen molar-refractivity contribution in [1.29, 1.82) is 5.41 Å². The van der Waals surface area contributed by atoms with Crippen LogP contribution in [0, 0.1) is 15.5 Å². The number of non-ortho nitro benzene ring substituents is 1. The monoisotopic (exact) mass is 293 g/mol. The first-order chi connectivity index (χ1) is 9.47. The fourth-order valence-electron chi connectivity index (χ4n) is 1.32. The molecular formula is C11H8ClN5O3. The molecule has 0 aliphatic rings. The van der Waals surface area contributed by atoms with Crippen LogP contribution >= 0.6 is 11.6 Å². The van der Waals surface area contributed by atoms with E-state index in [9.17, 15) is 10.1 Å². The minimum absolute atomic E-state index is 0.0431. The number of nitrogens with two attached hydrogens (primary N) is 1. The molecule has 8 nitrogen and oxygen atoms in total. The van der Waals surface area contributed by atoms with Crippen LogP contribution in [0.3, 0.4) is 0 Å². The third-order valence-corrected chi connectivity index (χ3v) is 2.55. The van der Waals surface area contributed by atoms with E-state index < -0.39 is 4.92 Å². The van der Waals surface area contributed by atoms with Crippen LogP contribution in [0.25, 0.3) is 0 Å². The highest BCUT2D eigenvalue weighted by Gasteiger charge is 2.13. The molecule has 0 fully saturated rings. The van der Waals surface area contributed by atoms with Crippen LogP contribution in [-0.2, 0) is 0 Å². The standard InChI is InChI=1S/C11H8ClN5O3/c12-7-2-1-6(17(18)19)5-9(7)20-11-15-4-3-8(16-11)10(13)14/h1-5H,(H3,13,14). The van der Waals surface area contributed by atoms with Crippen molar-refractivity contribution in [3.8, 4) is 11.8 Å². The van der Waals surface area contributed by atoms with Crippen LogP contribution in [0.15, 0.2) is 30.5 Å². The van der Waals surface area contributed by atoms with Gasteiger partial charge in [-0.15, -0.1) is 0 Å². The van der Waals surface area contributed by atoms with Crippen molar-refractivity contribution in [2.75, 3.05) is 0 Å². The van der Waals surface area contributed by atoms with E-state index in [4.69, 9.17) is 27.5 Å². The van der Waals surface area contributed by atoms with Gasteiger partial charge < -0.3 is 10.5 Å². The second kappa shape index (κ2) is 5.49. The number of nitrogens with one attached hydrogen (secondary N) is 1. The first-order valence-electron chi connectivity index (χ1n) is 5.26. The Morgan fingerprint density at radius 1 is 1.45 bits per heavy atom. The molecule has 0 atom stereocenters. The lowest BCUT2D eigenvalue weighted by Gasteiger charge is -2.06. The second-order valence-electron chi connectivity index (χ2n) is 3.61. The Bertz CT molecular complexity index is 692. The van der Waals surface area contributed by atoms with Gasteiger partial charge >= 0.3 is 6.01 Å². The smallest absolute Gasteiger partial charge is 0.322 e. The highest BCUT2D eigenvalue weighted by atomic mass is 35.5. The van der Waals surface area contributed by atoms with Gasteiger partial charge in [0.15, 0.2) is 5.75 Å². The number of rotatable bonds is 4. The Kier molecular flexibility index (Phi) is 3.76. The summed E-state index contributed by atoms with van der Waals surface area (Å²) in [5, 5.41) is 18.1. The van der Waals surface area contributed by atoms with E-state index in [1.165, 1.54) is 24.4 Å². The van der Waals surface area contributed by atoms with E-state index in [1.54, 1.807) is 0 Å². The van der Waals surface area contributed by atoms with Gasteiger partial charge in [0.05, 0.1) is 16.0 Å². The molecule has 0 radical (unpaired) electrons. The molecule has 0 bridgehead atoms. The highest BCUT2D eigenvalue weighted by molar-refractivity contribution is 6.32. The normalized spacial score (nSPS) is 10.1. The highest BCUT2D eigenvalue weighted by Crippen LogP contribution is 2.31. The van der Waals surface area contributed by atoms with Crippen molar-refractivity contribution in [3.05, 3.63) is 51.3 Å². The first-order valence-corrected chi connectivity index (χ1v) is 5.64. The molecule has 102 valence electrons. The summed E-state index contributed by atoms with van der Waals surface area (Å²) in [4.78, 5) is 17.8. The lowest BCUT2D eigenvalue weighted by Crippen LogP contribution is -2.13. The molecule has 1 aromatic heterocycles. The van der Waals surface area contributed by atoms with E-state index in [0.29, 0.717) is 0 Å². The van der Waals surface area contributed by atoms with Crippen molar-refractivity contribution < 1.29 is 9.66 Å². The summed E-state index contributed by atoms with van der Waals surface area (Å²) in [6.45, 7) is 0. The first kappa shape index (κ1) is 13.7. The summed E-state index contributed by atoms with van der Waals surface area (Å²) in [5.41, 5.74) is 5.30. The third-order valence-electron chi connectivity index (χ3n) is 2.24. The zero-order valence-electron chi connectivity index (χ0n) is 9.91. The molecular weight excluding hydrogens is 286 g/mol. The Morgan fingerprint density at radius 3 is 2.85 bits per heavy atom. The van der Waals surface area contributed by atoms with Crippen molar-refractivity contribution in [2.45, 2.75) is 0 Å². The second-order valence-corrected chi connectivity index (χ2v) is 4.02. The third kappa shape index (κ3) is 2.98. The van der Waals surface area contributed by atoms with Gasteiger partial charge in [0.1, 0.15) is 11.5 Å². The zero-order valence-corrected chi connectivity index (χ0v) is 10.7. The number of halogens is 1. The summed E-state index contributed by atoms with van der Waals surface area (Å²) >= 11 is 5.88. The quantitative estimate of drug-likeness (QED) is 0.384. The molecule has 0 saturated carbocycles. The van der Waals surface area contributed by atoms with Crippen molar-refractivity contribution in [3.63, 3.8) is 0 Å². The van der Waals surface area contributed by atoms with Crippen LogP contribution in [-0.4, -0.2) is 20.7 Å². The zero-order chi connectivity index (χ0) is 14.7. The molecule has 20 heavy (non-hydrogen) atoms. The molecule has 2 rings (SSSR count). The van der Waals surface area contributed by atoms with Gasteiger partial charge in [-0.05, 0) is 12.1 Å². The van der Waals surface area contributed by atoms with E-state index in [1.807, 2.05) is 0 Å². The van der Waals surface area contributed by atoms with Crippen LogP contribution in [0.1, 0.15) is 5.69 Å². The number of hydrogen-bond acceptors (Lipinski definition) is 6. The van der Waals surface area contributed by atoms with Gasteiger partial charge in [0, 0.05) is 12.3 Å². The fourth-order valence-corrected chi connectivity index (χ4v) is 1.48. The van der Waals surface area contributed by atoms with E-state index >= 15 is 0 Å². The largest absolute Gasteiger partial charge is 0.422 e. The minimum Gasteiger partial charge on any atom is -0.422 e. The number of ether oxygens (including phenoxy) is 1. The number of amidine groups is 1. The molecule has 0 unspecified atom stereocenters. The topological polar surface area (TPSA) is 128 Å². The Morgan fingerprint density at radius 2 is 2.20 bits per heavy atom. The molecule has 0 saturated heterocycles. The Hall–Kier alpha value is -2.74. The molecule has 9 heteroatoms. The molecule has 2 aromatic rings. The van der Waals surface area contributed by atoms with E-state index in [-0.39, 0.29) is 34.0 Å². The van der Waals surface area contributed by atoms with Gasteiger partial charge in [0.25, 0.3) is 5.69 Å². The SMILES string of the molecule is N=C(N)c1ccnc(Oc2cc([N+](=O)[O-])ccc2Cl)n1. The van der Waals surface area contributed by atoms with Crippen molar-refractivity contribution >= 4 is 23.1 Å². The van der Waals surface area contributed by atoms with Gasteiger partial charge in [-0.3, -0.25) is 15.5 Å². The predicted octanol–water partition coefficient (Wildman–Crippen LogP) is 2.11. The van der Waals surface area contributed by atoms with Gasteiger partial charge in [-0.1, -0.05) is 11.6 Å². The van der Waals surface area contributed by atoms with E-state index in [2.05, 4.69) is 9.97 Å². The van der Waals surface area contributed by atoms with E-state index in [0.717, 1.165) is 6.07 Å². The average molecular weight is 294 g/mol. The van der Waals surface area contributed by atoms with Gasteiger partial charge in [-0.25, -0.2) is 4.98 Å². The predicted molar refractivity (Wildman–Crippen MR) is 71.2 cm³/mol. The van der Waals surface area contributed by atoms with Crippen LogP contribution < -0.4 is 10.5 Å². The molecule has 0 aliphatic carbocycles. The maximum atomic E-state index is 10.7. The number of nitrogen functional groups attached to an aromatic ring is 1. The molecule has 1 heterocycles. The molecule has 0 spiro atoms. The summed E-state index contributed by atoms with van der Waals surface area (Å²) < 4.78 is 5.28. The fraction of sp³-hybridized carbons (Fsp3) is 0. The van der Waals surface area contributed by atoms with Crippen molar-refractivity contribution in [2.24, 2.45) is 5.73 Å². The number of hydrogen-bond donors (Lipinski definition) is 2. The summed E-state index contributed by atoms with van der Waals surface area (Å²) in [5.74, 6) is -0.205. The maximum absolute atomic E-state index is 10.7. The molecule has 1 aromatic carbocycles. The molecule has 0 aliphatic heterocycles. The Labute approximate surface area is 117 Å². The number of benzene rings is 1. The van der Waals surface area contributed by atoms with Crippen LogP contribution in [0.5, 0.6) is 11.8 Å². The molecule has 0 amide bonds. The number of nitro benzene ring substituents is 1. The maximum Gasteiger partial charge on any atom is 0.322 e. The lowest BCUT2D eigenvalue weighted by atomic mass is 10.3. The number of nitrogens with zero attached hydrogens (tertiary/aromatic N) is 3. The summed E-state index contributed by atoms with van der Waals surface area (Å²) in [6, 6.07) is 5.07. The summed E-state index contributed by atoms with van der Waals surface area (Å²) in [7, 11) is 0. The number of aromatic nitrogens is 2. The lowest BCUT2D eigenvalue weighted by molar-refractivity contribution is -0.384. The molecule has 3 N–H and O–H groups in total. The van der Waals surface area contributed by atoms with Gasteiger partial charge in [-0.2, -0.15) is 4.98 Å². The summed E-state index contributed by atoms with van der Waals surface area (Å²) in [6.07, 6.45) is 1.35. The minimum atomic E-state index is -0.573. The van der Waals surface area contributed by atoms with Crippen LogP contribution in [0.4, 0.5) is 5.69 Å². The Balaban J connectivity index is 2.34.